The van der Waals surface area contributed by atoms with Crippen molar-refractivity contribution in [1.29, 1.82) is 0 Å². The van der Waals surface area contributed by atoms with Crippen molar-refractivity contribution in [2.45, 2.75) is 58.0 Å². The number of unbranched alkanes of at least 4 members (excludes halogenated alkanes) is 1. The van der Waals surface area contributed by atoms with Crippen LogP contribution >= 0.6 is 11.8 Å². The van der Waals surface area contributed by atoms with Crippen LogP contribution in [-0.2, 0) is 13.1 Å². The fraction of sp³-hybridized carbons (Fsp3) is 0.435. The van der Waals surface area contributed by atoms with Crippen LogP contribution in [0.1, 0.15) is 56.2 Å². The molecule has 0 unspecified atom stereocenters. The van der Waals surface area contributed by atoms with Crippen LogP contribution in [0.3, 0.4) is 0 Å². The van der Waals surface area contributed by atoms with Crippen LogP contribution in [0.5, 0.6) is 0 Å². The summed E-state index contributed by atoms with van der Waals surface area (Å²) < 4.78 is 2.16. The average Bonchev–Trinajstić information content (AvgIpc) is 3.09. The number of thioether (sulfide) groups is 1. The highest BCUT2D eigenvalue weighted by molar-refractivity contribution is 7.99. The lowest BCUT2D eigenvalue weighted by Gasteiger charge is -2.23. The molecule has 0 bridgehead atoms. The maximum atomic E-state index is 13.3. The molecular formula is C23H30N4OS. The number of amides is 1. The number of pyridine rings is 1. The van der Waals surface area contributed by atoms with Gasteiger partial charge in [-0.1, -0.05) is 27.2 Å². The monoisotopic (exact) mass is 410 g/mol. The average molecular weight is 411 g/mol. The molecule has 0 aliphatic rings. The minimum absolute atomic E-state index is 0.0644. The van der Waals surface area contributed by atoms with Crippen molar-refractivity contribution >= 4 is 28.8 Å². The fourth-order valence-electron chi connectivity index (χ4n) is 3.40. The van der Waals surface area contributed by atoms with E-state index in [1.165, 1.54) is 4.90 Å². The second-order valence-corrected chi connectivity index (χ2v) is 8.40. The summed E-state index contributed by atoms with van der Waals surface area (Å²) in [5.74, 6) is 2.00. The zero-order valence-corrected chi connectivity index (χ0v) is 18.4. The van der Waals surface area contributed by atoms with E-state index in [9.17, 15) is 4.79 Å². The summed E-state index contributed by atoms with van der Waals surface area (Å²) in [5.41, 5.74) is 2.52. The van der Waals surface area contributed by atoms with Gasteiger partial charge in [0.15, 0.2) is 5.65 Å². The highest BCUT2D eigenvalue weighted by Crippen LogP contribution is 2.20. The molecule has 0 aliphatic heterocycles. The van der Waals surface area contributed by atoms with Gasteiger partial charge in [-0.15, -0.1) is 11.8 Å². The summed E-state index contributed by atoms with van der Waals surface area (Å²) in [5, 5.41) is 0. The van der Waals surface area contributed by atoms with Crippen LogP contribution in [0.25, 0.3) is 11.2 Å². The summed E-state index contributed by atoms with van der Waals surface area (Å²) >= 11 is 1.79. The van der Waals surface area contributed by atoms with Crippen molar-refractivity contribution in [3.05, 3.63) is 54.0 Å². The largest absolute Gasteiger partial charge is 0.331 e. The lowest BCUT2D eigenvalue weighted by molar-refractivity contribution is 0.0734. The summed E-state index contributed by atoms with van der Waals surface area (Å²) in [6.07, 6.45) is 4.81. The van der Waals surface area contributed by atoms with E-state index in [1.807, 2.05) is 41.3 Å². The van der Waals surface area contributed by atoms with Gasteiger partial charge in [0.1, 0.15) is 11.3 Å². The molecule has 0 fully saturated rings. The van der Waals surface area contributed by atoms with Crippen LogP contribution in [0.15, 0.2) is 47.5 Å². The van der Waals surface area contributed by atoms with E-state index >= 15 is 0 Å². The minimum Gasteiger partial charge on any atom is -0.331 e. The number of carbonyl (C=O) groups excluding carboxylic acids is 1. The van der Waals surface area contributed by atoms with Gasteiger partial charge >= 0.3 is 0 Å². The molecule has 1 aromatic carbocycles. The molecular weight excluding hydrogens is 380 g/mol. The molecule has 0 saturated heterocycles. The predicted octanol–water partition coefficient (Wildman–Crippen LogP) is 5.40. The van der Waals surface area contributed by atoms with Crippen molar-refractivity contribution in [3.8, 4) is 0 Å². The number of carbonyl (C=O) groups is 1. The van der Waals surface area contributed by atoms with Crippen molar-refractivity contribution in [1.82, 2.24) is 19.4 Å². The molecule has 0 spiro atoms. The number of benzene rings is 1. The maximum Gasteiger partial charge on any atom is 0.254 e. The number of nitrogens with zero attached hydrogens (tertiary/aromatic N) is 4. The number of rotatable bonds is 10. The molecule has 0 N–H and O–H groups in total. The Bertz CT molecular complexity index is 936. The van der Waals surface area contributed by atoms with Gasteiger partial charge in [0.2, 0.25) is 0 Å². The minimum atomic E-state index is 0.0644. The highest BCUT2D eigenvalue weighted by Gasteiger charge is 2.20. The molecule has 3 aromatic rings. The molecule has 0 saturated carbocycles. The lowest BCUT2D eigenvalue weighted by Crippen LogP contribution is -2.32. The van der Waals surface area contributed by atoms with Crippen molar-refractivity contribution in [2.75, 3.05) is 12.3 Å². The van der Waals surface area contributed by atoms with Crippen LogP contribution in [0, 0.1) is 0 Å². The topological polar surface area (TPSA) is 51.0 Å². The molecule has 29 heavy (non-hydrogen) atoms. The lowest BCUT2D eigenvalue weighted by atomic mass is 10.2. The third kappa shape index (κ3) is 5.18. The first-order chi connectivity index (χ1) is 14.2. The van der Waals surface area contributed by atoms with Gasteiger partial charge in [-0.2, -0.15) is 0 Å². The van der Waals surface area contributed by atoms with Crippen LogP contribution in [-0.4, -0.2) is 37.6 Å². The summed E-state index contributed by atoms with van der Waals surface area (Å²) in [6, 6.07) is 11.8. The van der Waals surface area contributed by atoms with Crippen LogP contribution in [0.4, 0.5) is 0 Å². The SMILES string of the molecule is CCCCN(Cc1nc2cccnc2n1CCC)C(=O)c1ccc(SCC)cc1. The Balaban J connectivity index is 1.88. The molecule has 2 aromatic heterocycles. The predicted molar refractivity (Wildman–Crippen MR) is 120 cm³/mol. The van der Waals surface area contributed by atoms with Gasteiger partial charge in [-0.05, 0) is 55.0 Å². The van der Waals surface area contributed by atoms with Gasteiger partial charge in [0.05, 0.1) is 6.54 Å². The van der Waals surface area contributed by atoms with Crippen molar-refractivity contribution in [3.63, 3.8) is 0 Å². The van der Waals surface area contributed by atoms with Gasteiger partial charge in [-0.3, -0.25) is 4.79 Å². The zero-order chi connectivity index (χ0) is 20.6. The van der Waals surface area contributed by atoms with E-state index in [2.05, 4.69) is 30.3 Å². The summed E-state index contributed by atoms with van der Waals surface area (Å²) in [6.45, 7) is 8.50. The molecule has 0 radical (unpaired) electrons. The molecule has 3 rings (SSSR count). The van der Waals surface area contributed by atoms with E-state index in [-0.39, 0.29) is 5.91 Å². The molecule has 5 nitrogen and oxygen atoms in total. The number of aryl methyl sites for hydroxylation is 1. The van der Waals surface area contributed by atoms with Gasteiger partial charge in [0.25, 0.3) is 5.91 Å². The van der Waals surface area contributed by atoms with Gasteiger partial charge in [0, 0.05) is 29.7 Å². The summed E-state index contributed by atoms with van der Waals surface area (Å²) in [4.78, 5) is 25.7. The van der Waals surface area contributed by atoms with Gasteiger partial charge < -0.3 is 9.47 Å². The quantitative estimate of drug-likeness (QED) is 0.420. The van der Waals surface area contributed by atoms with Crippen LogP contribution < -0.4 is 0 Å². The normalized spacial score (nSPS) is 11.1. The number of hydrogen-bond acceptors (Lipinski definition) is 4. The van der Waals surface area contributed by atoms with Gasteiger partial charge in [-0.25, -0.2) is 9.97 Å². The van der Waals surface area contributed by atoms with E-state index in [4.69, 9.17) is 4.98 Å². The molecule has 154 valence electrons. The number of fused-ring (bicyclic) bond motifs is 1. The van der Waals surface area contributed by atoms with E-state index in [0.717, 1.165) is 60.7 Å². The van der Waals surface area contributed by atoms with Crippen LogP contribution in [0.2, 0.25) is 0 Å². The van der Waals surface area contributed by atoms with E-state index in [0.29, 0.717) is 6.54 Å². The molecule has 1 amide bonds. The fourth-order valence-corrected chi connectivity index (χ4v) is 4.06. The Labute approximate surface area is 177 Å². The number of aromatic nitrogens is 3. The molecule has 6 heteroatoms. The Kier molecular flexibility index (Phi) is 7.69. The number of hydrogen-bond donors (Lipinski definition) is 0. The van der Waals surface area contributed by atoms with E-state index < -0.39 is 0 Å². The Morgan fingerprint density at radius 3 is 2.59 bits per heavy atom. The second kappa shape index (κ2) is 10.4. The third-order valence-corrected chi connectivity index (χ3v) is 5.74. The van der Waals surface area contributed by atoms with Crippen molar-refractivity contribution < 1.29 is 4.79 Å². The first kappa shape index (κ1) is 21.4. The Hall–Kier alpha value is -2.34. The smallest absolute Gasteiger partial charge is 0.254 e. The zero-order valence-electron chi connectivity index (χ0n) is 17.6. The third-order valence-electron chi connectivity index (χ3n) is 4.84. The van der Waals surface area contributed by atoms with E-state index in [1.54, 1.807) is 18.0 Å². The summed E-state index contributed by atoms with van der Waals surface area (Å²) in [7, 11) is 0. The maximum absolute atomic E-state index is 13.3. The second-order valence-electron chi connectivity index (χ2n) is 7.06. The first-order valence-corrected chi connectivity index (χ1v) is 11.5. The molecule has 0 aliphatic carbocycles. The molecule has 0 atom stereocenters. The standard InChI is InChI=1S/C23H30N4OS/c1-4-7-16-26(23(28)18-10-12-19(13-11-18)29-6-3)17-21-25-20-9-8-14-24-22(20)27(21)15-5-2/h8-14H,4-7,15-17H2,1-3H3. The number of imidazole rings is 1. The molecule has 2 heterocycles. The Morgan fingerprint density at radius 2 is 1.90 bits per heavy atom. The highest BCUT2D eigenvalue weighted by atomic mass is 32.2. The first-order valence-electron chi connectivity index (χ1n) is 10.5. The Morgan fingerprint density at radius 1 is 1.10 bits per heavy atom. The van der Waals surface area contributed by atoms with Crippen molar-refractivity contribution in [2.24, 2.45) is 0 Å².